The molecular formula is C14H17N5O2. The number of amides is 2. The first-order valence-corrected chi connectivity index (χ1v) is 7.00. The van der Waals surface area contributed by atoms with Gasteiger partial charge in [0.25, 0.3) is 0 Å². The van der Waals surface area contributed by atoms with Crippen molar-refractivity contribution < 1.29 is 9.59 Å². The van der Waals surface area contributed by atoms with Crippen molar-refractivity contribution in [2.75, 3.05) is 10.6 Å². The summed E-state index contributed by atoms with van der Waals surface area (Å²) in [4.78, 5) is 35.1. The van der Waals surface area contributed by atoms with E-state index in [9.17, 15) is 9.59 Å². The predicted octanol–water partition coefficient (Wildman–Crippen LogP) is 1.47. The average molecular weight is 287 g/mol. The van der Waals surface area contributed by atoms with Gasteiger partial charge in [0.1, 0.15) is 5.82 Å². The fourth-order valence-electron chi connectivity index (χ4n) is 3.06. The molecule has 1 heterocycles. The van der Waals surface area contributed by atoms with Crippen LogP contribution in [0.2, 0.25) is 0 Å². The third kappa shape index (κ3) is 2.91. The summed E-state index contributed by atoms with van der Waals surface area (Å²) in [6.45, 7) is 2.78. The van der Waals surface area contributed by atoms with Gasteiger partial charge in [0.05, 0.1) is 0 Å². The zero-order valence-electron chi connectivity index (χ0n) is 12.0. The molecule has 2 N–H and O–H groups in total. The van der Waals surface area contributed by atoms with Crippen LogP contribution in [0.15, 0.2) is 12.2 Å². The van der Waals surface area contributed by atoms with Gasteiger partial charge in [0, 0.05) is 19.8 Å². The van der Waals surface area contributed by atoms with E-state index in [2.05, 4.69) is 37.7 Å². The van der Waals surface area contributed by atoms with Gasteiger partial charge in [-0.2, -0.15) is 15.0 Å². The zero-order valence-corrected chi connectivity index (χ0v) is 12.0. The molecule has 2 aliphatic rings. The highest BCUT2D eigenvalue weighted by atomic mass is 16.2. The third-order valence-corrected chi connectivity index (χ3v) is 3.84. The summed E-state index contributed by atoms with van der Waals surface area (Å²) >= 11 is 0. The van der Waals surface area contributed by atoms with E-state index in [-0.39, 0.29) is 29.6 Å². The lowest BCUT2D eigenvalue weighted by Gasteiger charge is -2.17. The van der Waals surface area contributed by atoms with Gasteiger partial charge in [-0.3, -0.25) is 20.2 Å². The van der Waals surface area contributed by atoms with Crippen LogP contribution in [0.4, 0.5) is 11.9 Å². The summed E-state index contributed by atoms with van der Waals surface area (Å²) in [5, 5.41) is 5.11. The maximum Gasteiger partial charge on any atom is 0.234 e. The van der Waals surface area contributed by atoms with Crippen molar-refractivity contribution in [1.82, 2.24) is 15.0 Å². The summed E-state index contributed by atoms with van der Waals surface area (Å²) in [6, 6.07) is 0. The summed E-state index contributed by atoms with van der Waals surface area (Å²) in [6.07, 6.45) is 6.58. The highest BCUT2D eigenvalue weighted by Gasteiger charge is 2.38. The molecule has 3 atom stereocenters. The molecule has 0 aliphatic heterocycles. The number of allylic oxidation sites excluding steroid dienone is 2. The van der Waals surface area contributed by atoms with E-state index in [1.807, 2.05) is 0 Å². The van der Waals surface area contributed by atoms with Crippen LogP contribution in [-0.2, 0) is 9.59 Å². The van der Waals surface area contributed by atoms with E-state index in [1.54, 1.807) is 0 Å². The highest BCUT2D eigenvalue weighted by molar-refractivity contribution is 5.88. The second-order valence-electron chi connectivity index (χ2n) is 5.59. The monoisotopic (exact) mass is 287 g/mol. The van der Waals surface area contributed by atoms with Gasteiger partial charge in [0.15, 0.2) is 0 Å². The van der Waals surface area contributed by atoms with Gasteiger partial charge < -0.3 is 0 Å². The number of hydrogen-bond acceptors (Lipinski definition) is 5. The number of hydrogen-bond donors (Lipinski definition) is 2. The average Bonchev–Trinajstić information content (AvgIpc) is 2.98. The Bertz CT molecular complexity index is 594. The summed E-state index contributed by atoms with van der Waals surface area (Å²) < 4.78 is 0. The number of carbonyl (C=O) groups excluding carboxylic acids is 2. The molecule has 1 saturated carbocycles. The number of nitrogens with zero attached hydrogens (tertiary/aromatic N) is 3. The lowest BCUT2D eigenvalue weighted by molar-refractivity contribution is -0.115. The second kappa shape index (κ2) is 5.23. The Labute approximate surface area is 122 Å². The van der Waals surface area contributed by atoms with Crippen LogP contribution in [0.3, 0.4) is 0 Å². The SMILES string of the molecule is CC(=O)Nc1nc(NC(C)=O)nc(C2CC3C=CC2C3)n1. The van der Waals surface area contributed by atoms with Gasteiger partial charge in [-0.05, 0) is 24.7 Å². The Kier molecular flexibility index (Phi) is 3.40. The summed E-state index contributed by atoms with van der Waals surface area (Å²) in [5.74, 6) is 1.74. The first-order chi connectivity index (χ1) is 10.0. The molecule has 2 amide bonds. The van der Waals surface area contributed by atoms with Gasteiger partial charge >= 0.3 is 0 Å². The van der Waals surface area contributed by atoms with Crippen molar-refractivity contribution in [3.05, 3.63) is 18.0 Å². The number of carbonyl (C=O) groups is 2. The van der Waals surface area contributed by atoms with Gasteiger partial charge in [-0.25, -0.2) is 0 Å². The molecule has 2 aliphatic carbocycles. The Morgan fingerprint density at radius 3 is 2.05 bits per heavy atom. The van der Waals surface area contributed by atoms with Crippen LogP contribution in [0.5, 0.6) is 0 Å². The molecule has 3 unspecified atom stereocenters. The smallest absolute Gasteiger partial charge is 0.234 e. The molecule has 0 radical (unpaired) electrons. The minimum Gasteiger partial charge on any atom is -0.295 e. The van der Waals surface area contributed by atoms with Crippen molar-refractivity contribution in [3.63, 3.8) is 0 Å². The van der Waals surface area contributed by atoms with Crippen LogP contribution < -0.4 is 10.6 Å². The fourth-order valence-corrected chi connectivity index (χ4v) is 3.06. The molecule has 21 heavy (non-hydrogen) atoms. The Morgan fingerprint density at radius 1 is 1.00 bits per heavy atom. The van der Waals surface area contributed by atoms with Crippen LogP contribution in [-0.4, -0.2) is 26.8 Å². The lowest BCUT2D eigenvalue weighted by Crippen LogP contribution is -2.18. The molecule has 1 aromatic heterocycles. The highest BCUT2D eigenvalue weighted by Crippen LogP contribution is 2.47. The quantitative estimate of drug-likeness (QED) is 0.820. The molecule has 0 spiro atoms. The molecule has 2 bridgehead atoms. The first kappa shape index (κ1) is 13.7. The van der Waals surface area contributed by atoms with Crippen molar-refractivity contribution in [2.24, 2.45) is 11.8 Å². The van der Waals surface area contributed by atoms with Crippen molar-refractivity contribution in [1.29, 1.82) is 0 Å². The topological polar surface area (TPSA) is 96.9 Å². The van der Waals surface area contributed by atoms with Gasteiger partial charge in [-0.15, -0.1) is 0 Å². The van der Waals surface area contributed by atoms with Crippen LogP contribution in [0, 0.1) is 11.8 Å². The first-order valence-electron chi connectivity index (χ1n) is 7.00. The van der Waals surface area contributed by atoms with Crippen LogP contribution >= 0.6 is 0 Å². The van der Waals surface area contributed by atoms with Crippen molar-refractivity contribution >= 4 is 23.7 Å². The molecule has 7 nitrogen and oxygen atoms in total. The molecular weight excluding hydrogens is 270 g/mol. The van der Waals surface area contributed by atoms with Gasteiger partial charge in [-0.1, -0.05) is 12.2 Å². The second-order valence-corrected chi connectivity index (χ2v) is 5.59. The minimum atomic E-state index is -0.256. The Balaban J connectivity index is 1.92. The molecule has 1 aromatic rings. The number of anilines is 2. The van der Waals surface area contributed by atoms with E-state index in [0.717, 1.165) is 12.8 Å². The van der Waals surface area contributed by atoms with Crippen LogP contribution in [0.25, 0.3) is 0 Å². The Morgan fingerprint density at radius 2 is 1.62 bits per heavy atom. The van der Waals surface area contributed by atoms with E-state index in [1.165, 1.54) is 13.8 Å². The van der Waals surface area contributed by atoms with E-state index in [0.29, 0.717) is 17.7 Å². The molecule has 1 fully saturated rings. The maximum atomic E-state index is 11.2. The number of aromatic nitrogens is 3. The van der Waals surface area contributed by atoms with E-state index in [4.69, 9.17) is 0 Å². The predicted molar refractivity (Wildman–Crippen MR) is 76.5 cm³/mol. The van der Waals surface area contributed by atoms with Gasteiger partial charge in [0.2, 0.25) is 23.7 Å². The fraction of sp³-hybridized carbons (Fsp3) is 0.500. The summed E-state index contributed by atoms with van der Waals surface area (Å²) in [7, 11) is 0. The van der Waals surface area contributed by atoms with E-state index >= 15 is 0 Å². The number of rotatable bonds is 3. The Hall–Kier alpha value is -2.31. The normalized spacial score (nSPS) is 25.9. The minimum absolute atomic E-state index is 0.183. The number of nitrogens with one attached hydrogen (secondary N) is 2. The molecule has 7 heteroatoms. The van der Waals surface area contributed by atoms with Crippen LogP contribution in [0.1, 0.15) is 38.4 Å². The zero-order chi connectivity index (χ0) is 15.0. The van der Waals surface area contributed by atoms with E-state index < -0.39 is 0 Å². The van der Waals surface area contributed by atoms with Crippen molar-refractivity contribution in [3.8, 4) is 0 Å². The molecule has 0 aromatic carbocycles. The largest absolute Gasteiger partial charge is 0.295 e. The number of fused-ring (bicyclic) bond motifs is 2. The summed E-state index contributed by atoms with van der Waals surface area (Å²) in [5.41, 5.74) is 0. The third-order valence-electron chi connectivity index (χ3n) is 3.84. The lowest BCUT2D eigenvalue weighted by atomic mass is 9.93. The standard InChI is InChI=1S/C14H17N5O2/c1-7(20)15-13-17-12(18-14(19-13)16-8(2)21)11-6-9-3-4-10(11)5-9/h3-4,9-11H,5-6H2,1-2H3,(H2,15,16,17,18,19,20,21). The molecule has 3 rings (SSSR count). The maximum absolute atomic E-state index is 11.2. The van der Waals surface area contributed by atoms with Crippen molar-refractivity contribution in [2.45, 2.75) is 32.6 Å². The molecule has 0 saturated heterocycles. The molecule has 110 valence electrons.